The molecule has 1 saturated heterocycles. The lowest BCUT2D eigenvalue weighted by atomic mass is 9.95. The number of aliphatic hydroxyl groups excluding tert-OH is 1. The Balaban J connectivity index is 2.32. The molecule has 10 heteroatoms. The minimum absolute atomic E-state index is 0.142. The van der Waals surface area contributed by atoms with E-state index in [1.54, 1.807) is 13.8 Å². The third kappa shape index (κ3) is 3.66. The van der Waals surface area contributed by atoms with Crippen LogP contribution in [0.15, 0.2) is 17.1 Å². The van der Waals surface area contributed by atoms with E-state index in [1.165, 1.54) is 19.2 Å². The van der Waals surface area contributed by atoms with Crippen LogP contribution >= 0.6 is 0 Å². The first-order valence-electron chi connectivity index (χ1n) is 7.94. The Bertz CT molecular complexity index is 689. The van der Waals surface area contributed by atoms with Gasteiger partial charge in [-0.2, -0.15) is 14.3 Å². The average Bonchev–Trinajstić information content (AvgIpc) is 2.77. The van der Waals surface area contributed by atoms with Crippen LogP contribution in [0.1, 0.15) is 27.0 Å². The topological polar surface area (TPSA) is 165 Å². The molecule has 1 aliphatic rings. The average molecular weight is 357 g/mol. The molecule has 2 heterocycles. The fourth-order valence-corrected chi connectivity index (χ4v) is 2.69. The second-order valence-corrected chi connectivity index (χ2v) is 6.67. The SMILES string of the molecule is CC(C)[C@H](N)C(=O)O[C@@H]1[C@@H](CO)O[C@@H]([n+]2ccc(N)[nH]c2=O)[C@]1(C)O. The summed E-state index contributed by atoms with van der Waals surface area (Å²) in [5.74, 6) is -0.750. The summed E-state index contributed by atoms with van der Waals surface area (Å²) in [6.07, 6.45) is -2.08. The van der Waals surface area contributed by atoms with E-state index in [2.05, 4.69) is 4.98 Å². The summed E-state index contributed by atoms with van der Waals surface area (Å²) in [5, 5.41) is 20.4. The van der Waals surface area contributed by atoms with Gasteiger partial charge in [0, 0.05) is 6.07 Å². The molecule has 1 aromatic rings. The highest BCUT2D eigenvalue weighted by molar-refractivity contribution is 5.76. The number of aromatic amines is 1. The third-order valence-corrected chi connectivity index (χ3v) is 4.28. The van der Waals surface area contributed by atoms with Gasteiger partial charge in [0.1, 0.15) is 18.3 Å². The van der Waals surface area contributed by atoms with E-state index in [1.807, 2.05) is 0 Å². The lowest BCUT2D eigenvalue weighted by molar-refractivity contribution is -0.786. The Hall–Kier alpha value is -2.01. The zero-order chi connectivity index (χ0) is 18.9. The number of hydrogen-bond donors (Lipinski definition) is 5. The Labute approximate surface area is 144 Å². The highest BCUT2D eigenvalue weighted by Gasteiger charge is 2.58. The number of hydrogen-bond acceptors (Lipinski definition) is 8. The lowest BCUT2D eigenvalue weighted by Crippen LogP contribution is -2.62. The maximum Gasteiger partial charge on any atom is 0.499 e. The number of aromatic nitrogens is 2. The van der Waals surface area contributed by atoms with Crippen LogP contribution in [0.4, 0.5) is 5.82 Å². The van der Waals surface area contributed by atoms with Gasteiger partial charge in [0.05, 0.1) is 6.61 Å². The van der Waals surface area contributed by atoms with Gasteiger partial charge >= 0.3 is 11.7 Å². The van der Waals surface area contributed by atoms with Crippen LogP contribution < -0.4 is 21.7 Å². The molecule has 0 bridgehead atoms. The first-order chi connectivity index (χ1) is 11.6. The van der Waals surface area contributed by atoms with E-state index >= 15 is 0 Å². The molecule has 0 radical (unpaired) electrons. The highest BCUT2D eigenvalue weighted by atomic mass is 16.6. The third-order valence-electron chi connectivity index (χ3n) is 4.28. The van der Waals surface area contributed by atoms with E-state index < -0.39 is 48.3 Å². The summed E-state index contributed by atoms with van der Waals surface area (Å²) in [7, 11) is 0. The number of carbonyl (C=O) groups is 1. The van der Waals surface area contributed by atoms with Crippen molar-refractivity contribution in [3.63, 3.8) is 0 Å². The summed E-state index contributed by atoms with van der Waals surface area (Å²) < 4.78 is 12.0. The summed E-state index contributed by atoms with van der Waals surface area (Å²) in [6, 6.07) is 0.532. The van der Waals surface area contributed by atoms with E-state index in [0.29, 0.717) is 0 Å². The number of nitrogens with two attached hydrogens (primary N) is 2. The molecule has 1 fully saturated rings. The molecule has 0 aromatic carbocycles. The number of ether oxygens (including phenoxy) is 2. The summed E-state index contributed by atoms with van der Waals surface area (Å²) in [6.45, 7) is 4.35. The van der Waals surface area contributed by atoms with E-state index in [9.17, 15) is 19.8 Å². The number of nitrogens with zero attached hydrogens (tertiary/aromatic N) is 1. The number of nitrogen functional groups attached to an aromatic ring is 1. The van der Waals surface area contributed by atoms with Gasteiger partial charge in [0.25, 0.3) is 0 Å². The van der Waals surface area contributed by atoms with Crippen molar-refractivity contribution in [2.24, 2.45) is 11.7 Å². The molecule has 25 heavy (non-hydrogen) atoms. The maximum atomic E-state index is 12.2. The molecule has 140 valence electrons. The van der Waals surface area contributed by atoms with Crippen LogP contribution in [0, 0.1) is 5.92 Å². The van der Waals surface area contributed by atoms with Gasteiger partial charge in [0.2, 0.25) is 6.23 Å². The van der Waals surface area contributed by atoms with Crippen molar-refractivity contribution in [2.75, 3.05) is 12.3 Å². The highest BCUT2D eigenvalue weighted by Crippen LogP contribution is 2.36. The van der Waals surface area contributed by atoms with Gasteiger partial charge in [-0.15, -0.1) is 0 Å². The number of rotatable bonds is 5. The van der Waals surface area contributed by atoms with Crippen molar-refractivity contribution in [2.45, 2.75) is 50.8 Å². The van der Waals surface area contributed by atoms with E-state index in [-0.39, 0.29) is 11.7 Å². The van der Waals surface area contributed by atoms with Crippen molar-refractivity contribution in [1.82, 2.24) is 4.98 Å². The van der Waals surface area contributed by atoms with Crippen molar-refractivity contribution in [1.29, 1.82) is 0 Å². The normalized spacial score (nSPS) is 30.4. The summed E-state index contributed by atoms with van der Waals surface area (Å²) >= 11 is 0. The second kappa shape index (κ2) is 7.08. The molecule has 10 nitrogen and oxygen atoms in total. The van der Waals surface area contributed by atoms with E-state index in [4.69, 9.17) is 20.9 Å². The smallest absolute Gasteiger partial charge is 0.455 e. The fraction of sp³-hybridized carbons (Fsp3) is 0.667. The molecule has 0 saturated carbocycles. The van der Waals surface area contributed by atoms with Crippen LogP contribution in [0.5, 0.6) is 0 Å². The predicted octanol–water partition coefficient (Wildman–Crippen LogP) is -2.22. The van der Waals surface area contributed by atoms with Crippen LogP contribution in [0.3, 0.4) is 0 Å². The summed E-state index contributed by atoms with van der Waals surface area (Å²) in [5.41, 5.74) is 8.87. The minimum Gasteiger partial charge on any atom is -0.455 e. The Morgan fingerprint density at radius 3 is 2.72 bits per heavy atom. The largest absolute Gasteiger partial charge is 0.499 e. The number of H-pyrrole nitrogens is 1. The lowest BCUT2D eigenvalue weighted by Gasteiger charge is -2.29. The molecule has 0 unspecified atom stereocenters. The molecular formula is C15H25N4O6+. The van der Waals surface area contributed by atoms with Crippen LogP contribution in [0.2, 0.25) is 0 Å². The first kappa shape index (κ1) is 19.3. The molecule has 7 N–H and O–H groups in total. The minimum atomic E-state index is -1.78. The van der Waals surface area contributed by atoms with Gasteiger partial charge < -0.3 is 31.2 Å². The standard InChI is InChI=1S/C15H24N4O6/c1-7(2)10(17)12(21)25-11-8(6-20)24-13(15(11,3)23)19-5-4-9(16)18-14(19)22/h4-5,7-8,10-11,13,20,23H,6,17H2,1-3H3,(H2,16,18,22)/p+1/t8-,10+,11-,13-,15-/m1/s1. The van der Waals surface area contributed by atoms with Gasteiger partial charge in [0.15, 0.2) is 17.5 Å². The van der Waals surface area contributed by atoms with Gasteiger partial charge in [-0.05, 0) is 12.8 Å². The van der Waals surface area contributed by atoms with Gasteiger partial charge in [-0.3, -0.25) is 4.79 Å². The van der Waals surface area contributed by atoms with Crippen molar-refractivity contribution < 1.29 is 29.0 Å². The first-order valence-corrected chi connectivity index (χ1v) is 7.94. The van der Waals surface area contributed by atoms with Crippen molar-refractivity contribution >= 4 is 11.8 Å². The number of anilines is 1. The fourth-order valence-electron chi connectivity index (χ4n) is 2.69. The van der Waals surface area contributed by atoms with Gasteiger partial charge in [-0.25, -0.2) is 0 Å². The molecule has 1 aliphatic heterocycles. The Morgan fingerprint density at radius 1 is 1.56 bits per heavy atom. The van der Waals surface area contributed by atoms with E-state index in [0.717, 1.165) is 4.57 Å². The van der Waals surface area contributed by atoms with Crippen LogP contribution in [-0.4, -0.2) is 51.6 Å². The number of esters is 1. The van der Waals surface area contributed by atoms with Crippen LogP contribution in [-0.2, 0) is 14.3 Å². The Morgan fingerprint density at radius 2 is 2.20 bits per heavy atom. The maximum absolute atomic E-state index is 12.2. The number of carbonyl (C=O) groups excluding carboxylic acids is 1. The van der Waals surface area contributed by atoms with Crippen molar-refractivity contribution in [3.05, 3.63) is 22.7 Å². The monoisotopic (exact) mass is 357 g/mol. The Kier molecular flexibility index (Phi) is 5.47. The van der Waals surface area contributed by atoms with Crippen LogP contribution in [0.25, 0.3) is 0 Å². The second-order valence-electron chi connectivity index (χ2n) is 6.67. The molecule has 0 spiro atoms. The molecular weight excluding hydrogens is 332 g/mol. The zero-order valence-corrected chi connectivity index (χ0v) is 14.4. The molecule has 0 aliphatic carbocycles. The molecule has 5 atom stereocenters. The molecule has 2 rings (SSSR count). The predicted molar refractivity (Wildman–Crippen MR) is 86.0 cm³/mol. The molecule has 1 aromatic heterocycles. The number of aliphatic hydroxyl groups is 2. The van der Waals surface area contributed by atoms with Gasteiger partial charge in [-0.1, -0.05) is 13.8 Å². The van der Waals surface area contributed by atoms with Crippen molar-refractivity contribution in [3.8, 4) is 0 Å². The molecule has 0 amide bonds. The number of nitrogens with one attached hydrogen (secondary N) is 1. The zero-order valence-electron chi connectivity index (χ0n) is 14.4. The quantitative estimate of drug-likeness (QED) is 0.292. The summed E-state index contributed by atoms with van der Waals surface area (Å²) in [4.78, 5) is 26.6.